The Labute approximate surface area is 257 Å². The molecule has 0 radical (unpaired) electrons. The summed E-state index contributed by atoms with van der Waals surface area (Å²) in [5, 5.41) is 52.8. The molecule has 43 heavy (non-hydrogen) atoms. The van der Waals surface area contributed by atoms with Gasteiger partial charge in [0.05, 0.1) is 24.7 Å². The summed E-state index contributed by atoms with van der Waals surface area (Å²) in [7, 11) is 0. The summed E-state index contributed by atoms with van der Waals surface area (Å²) in [6.45, 7) is 13.9. The Kier molecular flexibility index (Phi) is 7.79. The molecule has 6 aliphatic rings. The van der Waals surface area contributed by atoms with Gasteiger partial charge < -0.3 is 35.0 Å². The molecule has 0 aromatic heterocycles. The van der Waals surface area contributed by atoms with E-state index in [2.05, 4.69) is 47.6 Å². The van der Waals surface area contributed by atoms with Crippen molar-refractivity contribution in [2.24, 2.45) is 56.7 Å². The number of aliphatic hydroxyl groups is 4. The Bertz CT molecular complexity index is 1140. The van der Waals surface area contributed by atoms with Crippen molar-refractivity contribution in [3.63, 3.8) is 0 Å². The van der Waals surface area contributed by atoms with E-state index in [1.807, 2.05) is 0 Å². The third kappa shape index (κ3) is 4.18. The number of aliphatic hydroxyl groups excluding tert-OH is 4. The Hall–Kier alpha value is -1.03. The zero-order chi connectivity index (χ0) is 31.3. The Morgan fingerprint density at radius 2 is 1.67 bits per heavy atom. The molecular formula is C35H56O8. The van der Waals surface area contributed by atoms with Crippen molar-refractivity contribution >= 4 is 5.97 Å². The van der Waals surface area contributed by atoms with E-state index in [-0.39, 0.29) is 47.4 Å². The molecule has 5 aliphatic carbocycles. The second-order valence-electron chi connectivity index (χ2n) is 16.8. The highest BCUT2D eigenvalue weighted by Crippen LogP contribution is 2.76. The van der Waals surface area contributed by atoms with Gasteiger partial charge in [0.15, 0.2) is 6.29 Å². The SMILES string of the molecule is CC1CCC2(C(=O)O)CCC3(CO)C(=CCC4C5(C)CCC(OC6OCC(O)C(O)C6O)C(C)(C)C5CCC43C)C2C1C. The average molecular weight is 605 g/mol. The number of hydrogen-bond donors (Lipinski definition) is 5. The predicted octanol–water partition coefficient (Wildman–Crippen LogP) is 4.53. The largest absolute Gasteiger partial charge is 0.481 e. The Balaban J connectivity index is 1.33. The van der Waals surface area contributed by atoms with Crippen molar-refractivity contribution in [1.29, 1.82) is 0 Å². The predicted molar refractivity (Wildman–Crippen MR) is 161 cm³/mol. The van der Waals surface area contributed by atoms with Gasteiger partial charge in [0, 0.05) is 5.41 Å². The first-order valence-corrected chi connectivity index (χ1v) is 17.0. The zero-order valence-corrected chi connectivity index (χ0v) is 27.1. The number of aliphatic carboxylic acids is 1. The zero-order valence-electron chi connectivity index (χ0n) is 27.1. The fourth-order valence-electron chi connectivity index (χ4n) is 12.3. The molecule has 5 fully saturated rings. The highest BCUT2D eigenvalue weighted by molar-refractivity contribution is 5.76. The average Bonchev–Trinajstić information content (AvgIpc) is 2.95. The molecule has 8 nitrogen and oxygen atoms in total. The maximum atomic E-state index is 13.0. The smallest absolute Gasteiger partial charge is 0.310 e. The second kappa shape index (κ2) is 10.5. The molecule has 6 rings (SSSR count). The van der Waals surface area contributed by atoms with Crippen molar-refractivity contribution in [2.45, 2.75) is 130 Å². The van der Waals surface area contributed by atoms with Gasteiger partial charge in [-0.2, -0.15) is 0 Å². The van der Waals surface area contributed by atoms with E-state index in [1.54, 1.807) is 0 Å². The van der Waals surface area contributed by atoms with Crippen LogP contribution >= 0.6 is 0 Å². The van der Waals surface area contributed by atoms with E-state index in [0.29, 0.717) is 24.2 Å². The van der Waals surface area contributed by atoms with Crippen LogP contribution in [0, 0.1) is 56.7 Å². The summed E-state index contributed by atoms with van der Waals surface area (Å²) in [5.41, 5.74) is -0.262. The van der Waals surface area contributed by atoms with E-state index in [9.17, 15) is 30.3 Å². The fraction of sp³-hybridized carbons (Fsp3) is 0.914. The number of ether oxygens (including phenoxy) is 2. The number of hydrogen-bond acceptors (Lipinski definition) is 7. The van der Waals surface area contributed by atoms with Crippen molar-refractivity contribution in [2.75, 3.05) is 13.2 Å². The van der Waals surface area contributed by atoms with Gasteiger partial charge in [-0.15, -0.1) is 0 Å². The summed E-state index contributed by atoms with van der Waals surface area (Å²) in [4.78, 5) is 13.0. The van der Waals surface area contributed by atoms with Crippen molar-refractivity contribution < 1.29 is 39.8 Å². The van der Waals surface area contributed by atoms with Crippen LogP contribution in [0.15, 0.2) is 11.6 Å². The highest BCUT2D eigenvalue weighted by atomic mass is 16.7. The standard InChI is InChI=1S/C35H56O8/c1-19-9-14-34(30(40)41)15-16-35(18-36)21(26(34)20(19)2)7-8-24-32(5)12-11-25(31(3,4)23(32)10-13-33(24,35)6)43-29-28(39)27(38)22(37)17-42-29/h7,19-20,22-29,36-39H,8-18H2,1-6H3,(H,40,41). The molecule has 0 aromatic rings. The first-order chi connectivity index (χ1) is 20.1. The number of rotatable bonds is 4. The lowest BCUT2D eigenvalue weighted by atomic mass is 9.33. The van der Waals surface area contributed by atoms with Crippen LogP contribution < -0.4 is 0 Å². The van der Waals surface area contributed by atoms with E-state index >= 15 is 0 Å². The van der Waals surface area contributed by atoms with E-state index in [1.165, 1.54) is 5.57 Å². The molecule has 5 N–H and O–H groups in total. The molecular weight excluding hydrogens is 548 g/mol. The molecule has 4 saturated carbocycles. The number of carbonyl (C=O) groups is 1. The summed E-state index contributed by atoms with van der Waals surface area (Å²) in [5.74, 6) is 0.720. The Morgan fingerprint density at radius 1 is 0.953 bits per heavy atom. The number of fused-ring (bicyclic) bond motifs is 7. The lowest BCUT2D eigenvalue weighted by Crippen LogP contribution is -2.67. The third-order valence-corrected chi connectivity index (χ3v) is 15.1. The van der Waals surface area contributed by atoms with Crippen LogP contribution in [-0.4, -0.2) is 75.4 Å². The maximum Gasteiger partial charge on any atom is 0.310 e. The van der Waals surface area contributed by atoms with Gasteiger partial charge in [0.2, 0.25) is 0 Å². The lowest BCUT2D eigenvalue weighted by molar-refractivity contribution is -0.308. The number of carboxylic acid groups (broad SMARTS) is 1. The van der Waals surface area contributed by atoms with E-state index < -0.39 is 41.4 Å². The van der Waals surface area contributed by atoms with Gasteiger partial charge in [-0.3, -0.25) is 4.79 Å². The molecule has 1 aliphatic heterocycles. The van der Waals surface area contributed by atoms with Crippen LogP contribution in [0.1, 0.15) is 99.3 Å². The molecule has 0 aromatic carbocycles. The molecule has 1 saturated heterocycles. The van der Waals surface area contributed by atoms with Crippen LogP contribution in [-0.2, 0) is 14.3 Å². The molecule has 0 bridgehead atoms. The van der Waals surface area contributed by atoms with Gasteiger partial charge >= 0.3 is 5.97 Å². The lowest BCUT2D eigenvalue weighted by Gasteiger charge is -2.71. The van der Waals surface area contributed by atoms with Crippen LogP contribution in [0.3, 0.4) is 0 Å². The van der Waals surface area contributed by atoms with Gasteiger partial charge in [-0.25, -0.2) is 0 Å². The van der Waals surface area contributed by atoms with Crippen LogP contribution in [0.4, 0.5) is 0 Å². The van der Waals surface area contributed by atoms with Crippen molar-refractivity contribution in [1.82, 2.24) is 0 Å². The summed E-state index contributed by atoms with van der Waals surface area (Å²) in [6, 6.07) is 0. The summed E-state index contributed by atoms with van der Waals surface area (Å²) >= 11 is 0. The first-order valence-electron chi connectivity index (χ1n) is 17.0. The van der Waals surface area contributed by atoms with Crippen LogP contribution in [0.5, 0.6) is 0 Å². The van der Waals surface area contributed by atoms with Crippen LogP contribution in [0.2, 0.25) is 0 Å². The van der Waals surface area contributed by atoms with Gasteiger partial charge in [-0.05, 0) is 104 Å². The topological polar surface area (TPSA) is 137 Å². The normalized spacial score (nSPS) is 54.3. The van der Waals surface area contributed by atoms with Crippen molar-refractivity contribution in [3.8, 4) is 0 Å². The quantitative estimate of drug-likeness (QED) is 0.233. The third-order valence-electron chi connectivity index (χ3n) is 15.1. The molecule has 0 spiro atoms. The number of carboxylic acids is 1. The fourth-order valence-corrected chi connectivity index (χ4v) is 12.3. The van der Waals surface area contributed by atoms with Gasteiger partial charge in [-0.1, -0.05) is 53.2 Å². The first kappa shape index (κ1) is 31.9. The summed E-state index contributed by atoms with van der Waals surface area (Å²) in [6.07, 6.45) is 5.16. The van der Waals surface area contributed by atoms with Crippen LogP contribution in [0.25, 0.3) is 0 Å². The molecule has 1 heterocycles. The monoisotopic (exact) mass is 604 g/mol. The van der Waals surface area contributed by atoms with Gasteiger partial charge in [0.1, 0.15) is 18.3 Å². The minimum Gasteiger partial charge on any atom is -0.481 e. The van der Waals surface area contributed by atoms with Gasteiger partial charge in [0.25, 0.3) is 0 Å². The minimum absolute atomic E-state index is 0.00485. The minimum atomic E-state index is -1.30. The Morgan fingerprint density at radius 3 is 2.35 bits per heavy atom. The molecule has 8 heteroatoms. The molecule has 14 atom stereocenters. The van der Waals surface area contributed by atoms with Crippen molar-refractivity contribution in [3.05, 3.63) is 11.6 Å². The van der Waals surface area contributed by atoms with E-state index in [0.717, 1.165) is 51.4 Å². The molecule has 0 amide bonds. The number of allylic oxidation sites excluding steroid dienone is 1. The molecule has 14 unspecified atom stereocenters. The molecule has 244 valence electrons. The summed E-state index contributed by atoms with van der Waals surface area (Å²) < 4.78 is 12.1. The van der Waals surface area contributed by atoms with E-state index in [4.69, 9.17) is 9.47 Å². The maximum absolute atomic E-state index is 13.0. The highest BCUT2D eigenvalue weighted by Gasteiger charge is 2.71. The second-order valence-corrected chi connectivity index (χ2v) is 16.8.